The Morgan fingerprint density at radius 3 is 2.35 bits per heavy atom. The molecule has 0 bridgehead atoms. The lowest BCUT2D eigenvalue weighted by atomic mass is 10.0. The lowest BCUT2D eigenvalue weighted by Crippen LogP contribution is -2.46. The summed E-state index contributed by atoms with van der Waals surface area (Å²) in [6, 6.07) is 9.09. The topological polar surface area (TPSA) is 104 Å². The van der Waals surface area contributed by atoms with Crippen molar-refractivity contribution < 1.29 is 18.0 Å². The molecule has 1 heterocycles. The van der Waals surface area contributed by atoms with Gasteiger partial charge in [-0.15, -0.1) is 11.3 Å². The van der Waals surface area contributed by atoms with Gasteiger partial charge in [-0.25, -0.2) is 8.42 Å². The van der Waals surface area contributed by atoms with Crippen molar-refractivity contribution in [3.63, 3.8) is 0 Å². The van der Waals surface area contributed by atoms with E-state index in [1.54, 1.807) is 35.7 Å². The first-order valence-electron chi connectivity index (χ1n) is 7.89. The molecule has 2 aromatic rings. The van der Waals surface area contributed by atoms with Crippen molar-refractivity contribution in [2.75, 3.05) is 16.3 Å². The lowest BCUT2D eigenvalue weighted by molar-refractivity contribution is -0.118. The average Bonchev–Trinajstić information content (AvgIpc) is 3.05. The molecule has 0 unspecified atom stereocenters. The molecule has 140 valence electrons. The molecule has 1 aromatic carbocycles. The molecule has 0 saturated carbocycles. The number of carbonyl (C=O) groups is 2. The molecular weight excluding hydrogens is 374 g/mol. The summed E-state index contributed by atoms with van der Waals surface area (Å²) >= 11 is 1.30. The minimum Gasteiger partial charge on any atom is -0.339 e. The first kappa shape index (κ1) is 19.9. The predicted octanol–water partition coefficient (Wildman–Crippen LogP) is 2.51. The second-order valence-electron chi connectivity index (χ2n) is 6.12. The summed E-state index contributed by atoms with van der Waals surface area (Å²) in [5.41, 5.74) is 0.772. The van der Waals surface area contributed by atoms with Crippen LogP contribution in [0.5, 0.6) is 0 Å². The molecule has 2 rings (SSSR count). The van der Waals surface area contributed by atoms with Crippen LogP contribution in [-0.4, -0.2) is 32.5 Å². The first-order valence-corrected chi connectivity index (χ1v) is 10.7. The van der Waals surface area contributed by atoms with Crippen molar-refractivity contribution in [3.8, 4) is 0 Å². The quantitative estimate of drug-likeness (QED) is 0.670. The number of rotatable bonds is 7. The molecule has 26 heavy (non-hydrogen) atoms. The van der Waals surface area contributed by atoms with E-state index in [0.717, 1.165) is 6.26 Å². The number of hydrogen-bond acceptors (Lipinski definition) is 5. The Morgan fingerprint density at radius 2 is 1.77 bits per heavy atom. The molecule has 0 fully saturated rings. The highest BCUT2D eigenvalue weighted by Crippen LogP contribution is 2.17. The summed E-state index contributed by atoms with van der Waals surface area (Å²) in [5, 5.41) is 7.25. The second-order valence-corrected chi connectivity index (χ2v) is 8.81. The predicted molar refractivity (Wildman–Crippen MR) is 104 cm³/mol. The second kappa shape index (κ2) is 8.33. The fourth-order valence-corrected chi connectivity index (χ4v) is 3.43. The maximum Gasteiger partial charge on any atom is 0.262 e. The smallest absolute Gasteiger partial charge is 0.262 e. The molecule has 7 nitrogen and oxygen atoms in total. The molecule has 0 radical (unpaired) electrons. The molecule has 1 atom stereocenters. The van der Waals surface area contributed by atoms with E-state index >= 15 is 0 Å². The summed E-state index contributed by atoms with van der Waals surface area (Å²) in [6.07, 6.45) is 1.05. The van der Waals surface area contributed by atoms with E-state index in [4.69, 9.17) is 0 Å². The van der Waals surface area contributed by atoms with Gasteiger partial charge >= 0.3 is 0 Å². The Labute approximate surface area is 156 Å². The molecule has 0 aliphatic heterocycles. The Hall–Kier alpha value is -2.39. The van der Waals surface area contributed by atoms with Crippen molar-refractivity contribution in [1.82, 2.24) is 5.32 Å². The van der Waals surface area contributed by atoms with Gasteiger partial charge in [-0.1, -0.05) is 26.0 Å². The SMILES string of the molecule is CC(C)[C@@H](NC(=O)c1cccs1)C(=O)Nc1cccc(NS(C)(=O)=O)c1. The third-order valence-electron chi connectivity index (χ3n) is 3.41. The number of benzene rings is 1. The van der Waals surface area contributed by atoms with Crippen LogP contribution in [0.1, 0.15) is 23.5 Å². The van der Waals surface area contributed by atoms with E-state index in [-0.39, 0.29) is 17.7 Å². The van der Waals surface area contributed by atoms with Crippen molar-refractivity contribution >= 4 is 44.5 Å². The number of carbonyl (C=O) groups excluding carboxylic acids is 2. The van der Waals surface area contributed by atoms with Gasteiger partial charge in [0.1, 0.15) is 6.04 Å². The van der Waals surface area contributed by atoms with Gasteiger partial charge in [-0.05, 0) is 35.6 Å². The average molecular weight is 396 g/mol. The number of anilines is 2. The van der Waals surface area contributed by atoms with E-state index in [9.17, 15) is 18.0 Å². The van der Waals surface area contributed by atoms with Gasteiger partial charge in [-0.2, -0.15) is 0 Å². The zero-order chi connectivity index (χ0) is 19.3. The van der Waals surface area contributed by atoms with Crippen LogP contribution in [0, 0.1) is 5.92 Å². The van der Waals surface area contributed by atoms with Gasteiger partial charge < -0.3 is 10.6 Å². The van der Waals surface area contributed by atoms with Crippen LogP contribution in [0.4, 0.5) is 11.4 Å². The van der Waals surface area contributed by atoms with E-state index in [2.05, 4.69) is 15.4 Å². The summed E-state index contributed by atoms with van der Waals surface area (Å²) in [5.74, 6) is -0.806. The summed E-state index contributed by atoms with van der Waals surface area (Å²) in [6.45, 7) is 3.67. The van der Waals surface area contributed by atoms with Crippen LogP contribution in [0.2, 0.25) is 0 Å². The zero-order valence-electron chi connectivity index (χ0n) is 14.6. The van der Waals surface area contributed by atoms with Crippen LogP contribution in [-0.2, 0) is 14.8 Å². The van der Waals surface area contributed by atoms with E-state index in [0.29, 0.717) is 16.3 Å². The molecule has 9 heteroatoms. The number of thiophene rings is 1. The zero-order valence-corrected chi connectivity index (χ0v) is 16.3. The fraction of sp³-hybridized carbons (Fsp3) is 0.294. The molecule has 0 aliphatic rings. The van der Waals surface area contributed by atoms with Crippen LogP contribution < -0.4 is 15.4 Å². The number of sulfonamides is 1. The number of nitrogens with one attached hydrogen (secondary N) is 3. The van der Waals surface area contributed by atoms with Gasteiger partial charge in [0, 0.05) is 5.69 Å². The summed E-state index contributed by atoms with van der Waals surface area (Å²) in [4.78, 5) is 25.4. The first-order chi connectivity index (χ1) is 12.2. The highest BCUT2D eigenvalue weighted by atomic mass is 32.2. The largest absolute Gasteiger partial charge is 0.339 e. The minimum atomic E-state index is -3.41. The van der Waals surface area contributed by atoms with Crippen molar-refractivity contribution in [1.29, 1.82) is 0 Å². The monoisotopic (exact) mass is 395 g/mol. The van der Waals surface area contributed by atoms with E-state index in [1.165, 1.54) is 17.4 Å². The molecule has 0 saturated heterocycles. The molecule has 1 aromatic heterocycles. The lowest BCUT2D eigenvalue weighted by Gasteiger charge is -2.21. The number of hydrogen-bond donors (Lipinski definition) is 3. The Balaban J connectivity index is 2.10. The van der Waals surface area contributed by atoms with Crippen LogP contribution in [0.25, 0.3) is 0 Å². The Morgan fingerprint density at radius 1 is 1.08 bits per heavy atom. The minimum absolute atomic E-state index is 0.128. The molecule has 0 spiro atoms. The third-order valence-corrected chi connectivity index (χ3v) is 4.89. The van der Waals surface area contributed by atoms with Crippen LogP contribution in [0.15, 0.2) is 41.8 Å². The normalized spacial score (nSPS) is 12.5. The maximum absolute atomic E-state index is 12.6. The van der Waals surface area contributed by atoms with Crippen molar-refractivity contribution in [3.05, 3.63) is 46.7 Å². The van der Waals surface area contributed by atoms with Crippen molar-refractivity contribution in [2.45, 2.75) is 19.9 Å². The van der Waals surface area contributed by atoms with Crippen LogP contribution in [0.3, 0.4) is 0 Å². The van der Waals surface area contributed by atoms with Gasteiger partial charge in [0.05, 0.1) is 16.8 Å². The number of amides is 2. The van der Waals surface area contributed by atoms with Crippen LogP contribution >= 0.6 is 11.3 Å². The van der Waals surface area contributed by atoms with Gasteiger partial charge in [0.2, 0.25) is 15.9 Å². The van der Waals surface area contributed by atoms with Gasteiger partial charge in [0.25, 0.3) is 5.91 Å². The van der Waals surface area contributed by atoms with Gasteiger partial charge in [-0.3, -0.25) is 14.3 Å². The third kappa shape index (κ3) is 5.85. The standard InChI is InChI=1S/C17H21N3O4S2/c1-11(2)15(19-16(21)14-8-5-9-25-14)17(22)18-12-6-4-7-13(10-12)20-26(3,23)24/h4-11,15,20H,1-3H3,(H,18,22)(H,19,21)/t15-/m1/s1. The van der Waals surface area contributed by atoms with Crippen molar-refractivity contribution in [2.24, 2.45) is 5.92 Å². The van der Waals surface area contributed by atoms with E-state index < -0.39 is 16.1 Å². The summed E-state index contributed by atoms with van der Waals surface area (Å²) in [7, 11) is -3.41. The Kier molecular flexibility index (Phi) is 6.38. The highest BCUT2D eigenvalue weighted by molar-refractivity contribution is 7.92. The fourth-order valence-electron chi connectivity index (χ4n) is 2.25. The summed E-state index contributed by atoms with van der Waals surface area (Å²) < 4.78 is 25.0. The molecule has 2 amide bonds. The molecular formula is C17H21N3O4S2. The molecule has 0 aliphatic carbocycles. The highest BCUT2D eigenvalue weighted by Gasteiger charge is 2.25. The van der Waals surface area contributed by atoms with Gasteiger partial charge in [0.15, 0.2) is 0 Å². The Bertz CT molecular complexity index is 877. The van der Waals surface area contributed by atoms with E-state index in [1.807, 2.05) is 13.8 Å². The molecule has 3 N–H and O–H groups in total. The maximum atomic E-state index is 12.6.